The zero-order chi connectivity index (χ0) is 14.5. The molecule has 0 saturated carbocycles. The maximum atomic E-state index is 11.7. The van der Waals surface area contributed by atoms with Crippen molar-refractivity contribution >= 4 is 23.6 Å². The van der Waals surface area contributed by atoms with Crippen LogP contribution in [0.1, 0.15) is 12.5 Å². The lowest BCUT2D eigenvalue weighted by atomic mass is 10.2. The number of fused-ring (bicyclic) bond motifs is 1. The van der Waals surface area contributed by atoms with Crippen molar-refractivity contribution < 1.29 is 19.0 Å². The highest BCUT2D eigenvalue weighted by molar-refractivity contribution is 6.32. The second-order valence-electron chi connectivity index (χ2n) is 4.43. The Hall–Kier alpha value is -1.72. The average molecular weight is 298 g/mol. The molecule has 5 nitrogen and oxygen atoms in total. The molecule has 108 valence electrons. The van der Waals surface area contributed by atoms with Crippen LogP contribution in [0.4, 0.5) is 0 Å². The summed E-state index contributed by atoms with van der Waals surface area (Å²) in [5, 5.41) is 3.24. The summed E-state index contributed by atoms with van der Waals surface area (Å²) in [7, 11) is 1.59. The van der Waals surface area contributed by atoms with Gasteiger partial charge in [-0.05, 0) is 30.7 Å². The van der Waals surface area contributed by atoms with Crippen LogP contribution in [0.5, 0.6) is 11.5 Å². The van der Waals surface area contributed by atoms with Crippen molar-refractivity contribution in [1.29, 1.82) is 0 Å². The monoisotopic (exact) mass is 297 g/mol. The van der Waals surface area contributed by atoms with E-state index >= 15 is 0 Å². The van der Waals surface area contributed by atoms with Crippen LogP contribution in [0, 0.1) is 0 Å². The summed E-state index contributed by atoms with van der Waals surface area (Å²) < 4.78 is 15.4. The van der Waals surface area contributed by atoms with Crippen molar-refractivity contribution in [3.8, 4) is 11.5 Å². The molecule has 0 radical (unpaired) electrons. The molecule has 0 saturated heterocycles. The summed E-state index contributed by atoms with van der Waals surface area (Å²) >= 11 is 6.06. The first kappa shape index (κ1) is 14.7. The maximum Gasteiger partial charge on any atom is 0.244 e. The summed E-state index contributed by atoms with van der Waals surface area (Å²) in [5.74, 6) is 0.940. The van der Waals surface area contributed by atoms with Crippen molar-refractivity contribution in [2.75, 3.05) is 20.5 Å². The number of rotatable bonds is 5. The van der Waals surface area contributed by atoms with E-state index in [-0.39, 0.29) is 18.7 Å². The van der Waals surface area contributed by atoms with E-state index in [1.54, 1.807) is 25.3 Å². The van der Waals surface area contributed by atoms with E-state index < -0.39 is 0 Å². The van der Waals surface area contributed by atoms with Gasteiger partial charge in [-0.1, -0.05) is 11.6 Å². The van der Waals surface area contributed by atoms with Crippen LogP contribution in [0.25, 0.3) is 6.08 Å². The second kappa shape index (κ2) is 6.63. The van der Waals surface area contributed by atoms with Gasteiger partial charge in [0.15, 0.2) is 11.5 Å². The number of hydrogen-bond acceptors (Lipinski definition) is 4. The summed E-state index contributed by atoms with van der Waals surface area (Å²) in [4.78, 5) is 11.7. The van der Waals surface area contributed by atoms with E-state index in [4.69, 9.17) is 25.8 Å². The molecule has 1 amide bonds. The van der Waals surface area contributed by atoms with Crippen LogP contribution in [0.15, 0.2) is 18.2 Å². The molecule has 0 bridgehead atoms. The molecule has 0 spiro atoms. The topological polar surface area (TPSA) is 56.8 Å². The minimum atomic E-state index is -0.191. The smallest absolute Gasteiger partial charge is 0.244 e. The average Bonchev–Trinajstić information content (AvgIpc) is 2.85. The van der Waals surface area contributed by atoms with Crippen molar-refractivity contribution in [2.24, 2.45) is 0 Å². The molecule has 6 heteroatoms. The summed E-state index contributed by atoms with van der Waals surface area (Å²) in [6, 6.07) is 3.45. The largest absolute Gasteiger partial charge is 0.454 e. The van der Waals surface area contributed by atoms with E-state index in [0.717, 1.165) is 5.56 Å². The van der Waals surface area contributed by atoms with E-state index in [1.807, 2.05) is 6.92 Å². The molecular weight excluding hydrogens is 282 g/mol. The Balaban J connectivity index is 2.01. The van der Waals surface area contributed by atoms with E-state index in [0.29, 0.717) is 23.1 Å². The van der Waals surface area contributed by atoms with Crippen molar-refractivity contribution in [3.63, 3.8) is 0 Å². The third-order valence-corrected chi connectivity index (χ3v) is 2.96. The minimum Gasteiger partial charge on any atom is -0.454 e. The van der Waals surface area contributed by atoms with Crippen LogP contribution >= 0.6 is 11.6 Å². The Labute approximate surface area is 122 Å². The van der Waals surface area contributed by atoms with Crippen molar-refractivity contribution in [1.82, 2.24) is 5.32 Å². The SMILES string of the molecule is COCC(C)NC(=O)/C=C/c1cc(Cl)c2c(c1)OCO2. The zero-order valence-corrected chi connectivity index (χ0v) is 12.1. The van der Waals surface area contributed by atoms with Gasteiger partial charge in [0, 0.05) is 19.2 Å². The number of hydrogen-bond donors (Lipinski definition) is 1. The van der Waals surface area contributed by atoms with E-state index in [2.05, 4.69) is 5.32 Å². The molecule has 1 aliphatic heterocycles. The molecule has 0 fully saturated rings. The quantitative estimate of drug-likeness (QED) is 0.847. The summed E-state index contributed by atoms with van der Waals surface area (Å²) in [5.41, 5.74) is 0.772. The molecule has 0 aromatic heterocycles. The van der Waals surface area contributed by atoms with Crippen molar-refractivity contribution in [2.45, 2.75) is 13.0 Å². The highest BCUT2D eigenvalue weighted by Gasteiger charge is 2.17. The van der Waals surface area contributed by atoms with Gasteiger partial charge in [0.2, 0.25) is 12.7 Å². The standard InChI is InChI=1S/C14H16ClNO4/c1-9(7-18-2)16-13(17)4-3-10-5-11(15)14-12(6-10)19-8-20-14/h3-6,9H,7-8H2,1-2H3,(H,16,17)/b4-3+. The first-order valence-electron chi connectivity index (χ1n) is 6.17. The highest BCUT2D eigenvalue weighted by atomic mass is 35.5. The van der Waals surface area contributed by atoms with Crippen LogP contribution < -0.4 is 14.8 Å². The number of carbonyl (C=O) groups excluding carboxylic acids is 1. The van der Waals surface area contributed by atoms with Gasteiger partial charge in [0.25, 0.3) is 0 Å². The molecule has 1 N–H and O–H groups in total. The molecule has 1 unspecified atom stereocenters. The normalized spacial score (nSPS) is 14.6. The van der Waals surface area contributed by atoms with Gasteiger partial charge in [-0.25, -0.2) is 0 Å². The Kier molecular flexibility index (Phi) is 4.87. The number of nitrogens with one attached hydrogen (secondary N) is 1. The predicted octanol–water partition coefficient (Wildman–Crippen LogP) is 2.23. The van der Waals surface area contributed by atoms with Crippen LogP contribution in [0.2, 0.25) is 5.02 Å². The lowest BCUT2D eigenvalue weighted by Crippen LogP contribution is -2.34. The molecule has 1 aliphatic rings. The summed E-state index contributed by atoms with van der Waals surface area (Å²) in [6.07, 6.45) is 3.11. The summed E-state index contributed by atoms with van der Waals surface area (Å²) in [6.45, 7) is 2.50. The molecule has 1 aromatic rings. The minimum absolute atomic E-state index is 0.0440. The Bertz CT molecular complexity index is 530. The number of halogens is 1. The fourth-order valence-electron chi connectivity index (χ4n) is 1.84. The van der Waals surface area contributed by atoms with Crippen LogP contribution in [0.3, 0.4) is 0 Å². The second-order valence-corrected chi connectivity index (χ2v) is 4.84. The number of benzene rings is 1. The van der Waals surface area contributed by atoms with Gasteiger partial charge < -0.3 is 19.5 Å². The van der Waals surface area contributed by atoms with Gasteiger partial charge in [0.05, 0.1) is 11.6 Å². The number of methoxy groups -OCH3 is 1. The molecule has 1 atom stereocenters. The lowest BCUT2D eigenvalue weighted by Gasteiger charge is -2.10. The predicted molar refractivity (Wildman–Crippen MR) is 76.1 cm³/mol. The van der Waals surface area contributed by atoms with Gasteiger partial charge >= 0.3 is 0 Å². The first-order chi connectivity index (χ1) is 9.60. The van der Waals surface area contributed by atoms with Gasteiger partial charge in [-0.2, -0.15) is 0 Å². The Morgan fingerprint density at radius 2 is 2.35 bits per heavy atom. The number of carbonyl (C=O) groups is 1. The molecule has 1 aromatic carbocycles. The lowest BCUT2D eigenvalue weighted by molar-refractivity contribution is -0.117. The van der Waals surface area contributed by atoms with Crippen LogP contribution in [-0.2, 0) is 9.53 Å². The zero-order valence-electron chi connectivity index (χ0n) is 11.3. The fraction of sp³-hybridized carbons (Fsp3) is 0.357. The third kappa shape index (κ3) is 3.65. The number of amides is 1. The molecule has 2 rings (SSSR count). The third-order valence-electron chi connectivity index (χ3n) is 2.68. The molecule has 0 aliphatic carbocycles. The van der Waals surface area contributed by atoms with Crippen LogP contribution in [-0.4, -0.2) is 32.5 Å². The van der Waals surface area contributed by atoms with Gasteiger partial charge in [0.1, 0.15) is 0 Å². The maximum absolute atomic E-state index is 11.7. The van der Waals surface area contributed by atoms with E-state index in [9.17, 15) is 4.79 Å². The Morgan fingerprint density at radius 1 is 1.55 bits per heavy atom. The molecular formula is C14H16ClNO4. The molecule has 1 heterocycles. The number of ether oxygens (including phenoxy) is 3. The van der Waals surface area contributed by atoms with E-state index in [1.165, 1.54) is 6.08 Å². The first-order valence-corrected chi connectivity index (χ1v) is 6.54. The van der Waals surface area contributed by atoms with Crippen molar-refractivity contribution in [3.05, 3.63) is 28.8 Å². The van der Waals surface area contributed by atoms with Gasteiger partial charge in [-0.15, -0.1) is 0 Å². The highest BCUT2D eigenvalue weighted by Crippen LogP contribution is 2.39. The fourth-order valence-corrected chi connectivity index (χ4v) is 2.11. The van der Waals surface area contributed by atoms with Gasteiger partial charge in [-0.3, -0.25) is 4.79 Å². The Morgan fingerprint density at radius 3 is 3.10 bits per heavy atom. The molecule has 20 heavy (non-hydrogen) atoms.